The van der Waals surface area contributed by atoms with Crippen molar-refractivity contribution in [2.24, 2.45) is 0 Å². The summed E-state index contributed by atoms with van der Waals surface area (Å²) >= 11 is 0. The van der Waals surface area contributed by atoms with E-state index < -0.39 is 17.7 Å². The van der Waals surface area contributed by atoms with Gasteiger partial charge < -0.3 is 19.5 Å². The van der Waals surface area contributed by atoms with Gasteiger partial charge in [0.15, 0.2) is 0 Å². The molecule has 1 saturated heterocycles. The normalized spacial score (nSPS) is 17.4. The standard InChI is InChI=1S/C25H22N2O5/c1-31-19-7-3-17(4-8-19)22-21(23(28)18-5-9-20(32-2)10-6-18)24(29)25(30)27(22)15-16-11-13-26-14-12-16/h3-14,22,28H,15H2,1-2H3/b23-21+. The molecule has 7 nitrogen and oxygen atoms in total. The van der Waals surface area contributed by atoms with Crippen LogP contribution in [0.5, 0.6) is 11.5 Å². The average Bonchev–Trinajstić information content (AvgIpc) is 3.09. The first-order valence-corrected chi connectivity index (χ1v) is 9.99. The number of aliphatic hydroxyl groups excluding tert-OH is 1. The van der Waals surface area contributed by atoms with Gasteiger partial charge in [-0.2, -0.15) is 0 Å². The van der Waals surface area contributed by atoms with Crippen molar-refractivity contribution >= 4 is 17.4 Å². The SMILES string of the molecule is COc1ccc(/C(O)=C2\C(=O)C(=O)N(Cc3ccncc3)C2c2ccc(OC)cc2)cc1. The molecule has 4 rings (SSSR count). The van der Waals surface area contributed by atoms with Gasteiger partial charge in [0, 0.05) is 24.5 Å². The van der Waals surface area contributed by atoms with E-state index in [1.165, 1.54) is 4.90 Å². The predicted molar refractivity (Wildman–Crippen MR) is 118 cm³/mol. The molecule has 1 aromatic heterocycles. The Morgan fingerprint density at radius 2 is 1.47 bits per heavy atom. The summed E-state index contributed by atoms with van der Waals surface area (Å²) in [5.41, 5.74) is 1.98. The van der Waals surface area contributed by atoms with Gasteiger partial charge in [-0.15, -0.1) is 0 Å². The maximum atomic E-state index is 13.1. The zero-order chi connectivity index (χ0) is 22.7. The Labute approximate surface area is 185 Å². The molecule has 1 amide bonds. The lowest BCUT2D eigenvalue weighted by Crippen LogP contribution is -2.29. The molecule has 32 heavy (non-hydrogen) atoms. The summed E-state index contributed by atoms with van der Waals surface area (Å²) in [4.78, 5) is 31.6. The molecule has 2 aromatic carbocycles. The Morgan fingerprint density at radius 1 is 0.906 bits per heavy atom. The number of carbonyl (C=O) groups is 2. The summed E-state index contributed by atoms with van der Waals surface area (Å²) in [6, 6.07) is 16.6. The van der Waals surface area contributed by atoms with Gasteiger partial charge in [0.25, 0.3) is 11.7 Å². The number of ketones is 1. The fourth-order valence-electron chi connectivity index (χ4n) is 3.77. The maximum Gasteiger partial charge on any atom is 0.295 e. The molecule has 0 radical (unpaired) electrons. The van der Waals surface area contributed by atoms with Crippen molar-refractivity contribution in [1.82, 2.24) is 9.88 Å². The first-order valence-electron chi connectivity index (χ1n) is 9.99. The minimum Gasteiger partial charge on any atom is -0.507 e. The summed E-state index contributed by atoms with van der Waals surface area (Å²) in [5.74, 6) is -0.365. The van der Waals surface area contributed by atoms with E-state index in [9.17, 15) is 14.7 Å². The van der Waals surface area contributed by atoms with Gasteiger partial charge in [0.05, 0.1) is 25.8 Å². The molecular formula is C25H22N2O5. The van der Waals surface area contributed by atoms with Crippen LogP contribution >= 0.6 is 0 Å². The van der Waals surface area contributed by atoms with E-state index >= 15 is 0 Å². The van der Waals surface area contributed by atoms with Crippen LogP contribution in [-0.4, -0.2) is 40.9 Å². The van der Waals surface area contributed by atoms with E-state index in [4.69, 9.17) is 9.47 Å². The Hall–Kier alpha value is -4.13. The second-order valence-electron chi connectivity index (χ2n) is 7.28. The number of amides is 1. The summed E-state index contributed by atoms with van der Waals surface area (Å²) in [6.07, 6.45) is 3.26. The lowest BCUT2D eigenvalue weighted by Gasteiger charge is -2.25. The molecule has 2 heterocycles. The van der Waals surface area contributed by atoms with E-state index in [0.717, 1.165) is 5.56 Å². The number of methoxy groups -OCH3 is 2. The highest BCUT2D eigenvalue weighted by molar-refractivity contribution is 6.46. The average molecular weight is 430 g/mol. The Kier molecular flexibility index (Phi) is 5.89. The van der Waals surface area contributed by atoms with Crippen LogP contribution in [0.25, 0.3) is 5.76 Å². The number of hydrogen-bond donors (Lipinski definition) is 1. The highest BCUT2D eigenvalue weighted by Gasteiger charge is 2.46. The lowest BCUT2D eigenvalue weighted by molar-refractivity contribution is -0.140. The molecule has 1 N–H and O–H groups in total. The summed E-state index contributed by atoms with van der Waals surface area (Å²) < 4.78 is 10.4. The van der Waals surface area contributed by atoms with Crippen LogP contribution in [0.3, 0.4) is 0 Å². The van der Waals surface area contributed by atoms with Crippen LogP contribution in [0.1, 0.15) is 22.7 Å². The van der Waals surface area contributed by atoms with Crippen molar-refractivity contribution in [2.75, 3.05) is 14.2 Å². The van der Waals surface area contributed by atoms with Gasteiger partial charge in [-0.1, -0.05) is 12.1 Å². The fourth-order valence-corrected chi connectivity index (χ4v) is 3.77. The molecule has 3 aromatic rings. The minimum absolute atomic E-state index is 0.0411. The third kappa shape index (κ3) is 3.92. The van der Waals surface area contributed by atoms with Crippen molar-refractivity contribution in [1.29, 1.82) is 0 Å². The molecule has 0 saturated carbocycles. The first kappa shape index (κ1) is 21.1. The van der Waals surface area contributed by atoms with Crippen molar-refractivity contribution in [3.05, 3.63) is 95.3 Å². The minimum atomic E-state index is -0.754. The predicted octanol–water partition coefficient (Wildman–Crippen LogP) is 3.72. The molecule has 1 fully saturated rings. The molecular weight excluding hydrogens is 408 g/mol. The van der Waals surface area contributed by atoms with Crippen LogP contribution < -0.4 is 9.47 Å². The van der Waals surface area contributed by atoms with Gasteiger partial charge in [-0.25, -0.2) is 0 Å². The van der Waals surface area contributed by atoms with Crippen molar-refractivity contribution in [3.8, 4) is 11.5 Å². The van der Waals surface area contributed by atoms with E-state index in [2.05, 4.69) is 4.98 Å². The maximum absolute atomic E-state index is 13.1. The third-order valence-electron chi connectivity index (χ3n) is 5.44. The molecule has 1 aliphatic rings. The van der Waals surface area contributed by atoms with Gasteiger partial charge in [-0.05, 0) is 59.7 Å². The number of carbonyl (C=O) groups excluding carboxylic acids is 2. The fraction of sp³-hybridized carbons (Fsp3) is 0.160. The molecule has 0 bridgehead atoms. The Balaban J connectivity index is 1.83. The largest absolute Gasteiger partial charge is 0.507 e. The van der Waals surface area contributed by atoms with Gasteiger partial charge >= 0.3 is 0 Å². The van der Waals surface area contributed by atoms with Crippen LogP contribution in [0.15, 0.2) is 78.6 Å². The number of aromatic nitrogens is 1. The monoisotopic (exact) mass is 430 g/mol. The van der Waals surface area contributed by atoms with E-state index in [1.807, 2.05) is 0 Å². The van der Waals surface area contributed by atoms with E-state index in [1.54, 1.807) is 87.3 Å². The molecule has 1 aliphatic heterocycles. The number of nitrogens with zero attached hydrogens (tertiary/aromatic N) is 2. The van der Waals surface area contributed by atoms with E-state index in [0.29, 0.717) is 22.6 Å². The smallest absolute Gasteiger partial charge is 0.295 e. The number of aliphatic hydroxyl groups is 1. The molecule has 0 aliphatic carbocycles. The molecule has 1 unspecified atom stereocenters. The number of rotatable bonds is 6. The molecule has 0 spiro atoms. The number of benzene rings is 2. The number of hydrogen-bond acceptors (Lipinski definition) is 6. The number of Topliss-reactive ketones (excluding diaryl/α,β-unsaturated/α-hetero) is 1. The van der Waals surface area contributed by atoms with Crippen LogP contribution in [0.2, 0.25) is 0 Å². The molecule has 1 atom stereocenters. The number of ether oxygens (including phenoxy) is 2. The second-order valence-corrected chi connectivity index (χ2v) is 7.28. The highest BCUT2D eigenvalue weighted by Crippen LogP contribution is 2.40. The third-order valence-corrected chi connectivity index (χ3v) is 5.44. The van der Waals surface area contributed by atoms with Gasteiger partial charge in [-0.3, -0.25) is 14.6 Å². The summed E-state index contributed by atoms with van der Waals surface area (Å²) in [6.45, 7) is 0.198. The first-order chi connectivity index (χ1) is 15.5. The lowest BCUT2D eigenvalue weighted by atomic mass is 9.95. The quantitative estimate of drug-likeness (QED) is 0.364. The molecule has 162 valence electrons. The zero-order valence-corrected chi connectivity index (χ0v) is 17.7. The van der Waals surface area contributed by atoms with Crippen molar-refractivity contribution in [2.45, 2.75) is 12.6 Å². The van der Waals surface area contributed by atoms with Crippen molar-refractivity contribution in [3.63, 3.8) is 0 Å². The number of pyridine rings is 1. The molecule has 7 heteroatoms. The van der Waals surface area contributed by atoms with Crippen LogP contribution in [0, 0.1) is 0 Å². The zero-order valence-electron chi connectivity index (χ0n) is 17.7. The van der Waals surface area contributed by atoms with Gasteiger partial charge in [0.2, 0.25) is 0 Å². The Bertz CT molecular complexity index is 1160. The summed E-state index contributed by atoms with van der Waals surface area (Å²) in [7, 11) is 3.11. The topological polar surface area (TPSA) is 89.0 Å². The van der Waals surface area contributed by atoms with Crippen LogP contribution in [0.4, 0.5) is 0 Å². The second kappa shape index (κ2) is 8.93. The van der Waals surface area contributed by atoms with Gasteiger partial charge in [0.1, 0.15) is 17.3 Å². The van der Waals surface area contributed by atoms with Crippen LogP contribution in [-0.2, 0) is 16.1 Å². The van der Waals surface area contributed by atoms with E-state index in [-0.39, 0.29) is 17.9 Å². The van der Waals surface area contributed by atoms with Crippen molar-refractivity contribution < 1.29 is 24.2 Å². The number of likely N-dealkylation sites (tertiary alicyclic amines) is 1. The summed E-state index contributed by atoms with van der Waals surface area (Å²) in [5, 5.41) is 11.1. The highest BCUT2D eigenvalue weighted by atomic mass is 16.5. The Morgan fingerprint density at radius 3 is 2.03 bits per heavy atom.